The molecule has 0 saturated heterocycles. The maximum atomic E-state index is 12.1. The second-order valence-electron chi connectivity index (χ2n) is 4.91. The third-order valence-electron chi connectivity index (χ3n) is 2.78. The number of nitrogens with one attached hydrogen (secondary N) is 1. The van der Waals surface area contributed by atoms with Crippen LogP contribution in [-0.2, 0) is 11.3 Å². The highest BCUT2D eigenvalue weighted by atomic mass is 16.5. The van der Waals surface area contributed by atoms with Gasteiger partial charge in [-0.3, -0.25) is 0 Å². The van der Waals surface area contributed by atoms with E-state index in [1.54, 1.807) is 18.3 Å². The van der Waals surface area contributed by atoms with Crippen LogP contribution in [0.2, 0.25) is 0 Å². The fraction of sp³-hybridized carbons (Fsp3) is 0.643. The average Bonchev–Trinajstić information content (AvgIpc) is 2.86. The second kappa shape index (κ2) is 8.58. The molecule has 1 heterocycles. The molecule has 0 saturated carbocycles. The largest absolute Gasteiger partial charge is 0.467 e. The number of rotatable bonds is 8. The minimum atomic E-state index is -0.0749. The third kappa shape index (κ3) is 6.29. The van der Waals surface area contributed by atoms with Gasteiger partial charge < -0.3 is 19.4 Å². The first-order valence-electron chi connectivity index (χ1n) is 6.67. The number of carbonyl (C=O) groups is 1. The minimum Gasteiger partial charge on any atom is -0.467 e. The van der Waals surface area contributed by atoms with Crippen LogP contribution in [0.5, 0.6) is 0 Å². The number of ether oxygens (including phenoxy) is 1. The standard InChI is InChI=1S/C14H24N2O3/c1-12(2)6-7-15-14(17)16(8-10-18-3)11-13-5-4-9-19-13/h4-5,9,12H,6-8,10-11H2,1-3H3,(H,15,17). The molecule has 1 rings (SSSR count). The van der Waals surface area contributed by atoms with Crippen LogP contribution in [0.1, 0.15) is 26.0 Å². The molecule has 0 aliphatic carbocycles. The van der Waals surface area contributed by atoms with Gasteiger partial charge in [-0.1, -0.05) is 13.8 Å². The van der Waals surface area contributed by atoms with E-state index < -0.39 is 0 Å². The minimum absolute atomic E-state index is 0.0749. The van der Waals surface area contributed by atoms with E-state index in [2.05, 4.69) is 19.2 Å². The number of carbonyl (C=O) groups excluding carboxylic acids is 1. The Morgan fingerprint density at radius 2 is 2.32 bits per heavy atom. The molecule has 5 heteroatoms. The summed E-state index contributed by atoms with van der Waals surface area (Å²) in [7, 11) is 1.63. The summed E-state index contributed by atoms with van der Waals surface area (Å²) in [6, 6.07) is 3.61. The van der Waals surface area contributed by atoms with Crippen molar-refractivity contribution in [1.29, 1.82) is 0 Å². The first-order valence-corrected chi connectivity index (χ1v) is 6.67. The zero-order chi connectivity index (χ0) is 14.1. The summed E-state index contributed by atoms with van der Waals surface area (Å²) in [4.78, 5) is 13.8. The molecule has 0 bridgehead atoms. The molecular weight excluding hydrogens is 244 g/mol. The molecule has 5 nitrogen and oxygen atoms in total. The van der Waals surface area contributed by atoms with Crippen molar-refractivity contribution < 1.29 is 13.9 Å². The van der Waals surface area contributed by atoms with Gasteiger partial charge in [0, 0.05) is 20.2 Å². The van der Waals surface area contributed by atoms with Gasteiger partial charge in [0.1, 0.15) is 5.76 Å². The van der Waals surface area contributed by atoms with Gasteiger partial charge in [0.05, 0.1) is 19.4 Å². The molecule has 1 aromatic heterocycles. The quantitative estimate of drug-likeness (QED) is 0.788. The highest BCUT2D eigenvalue weighted by molar-refractivity contribution is 5.74. The SMILES string of the molecule is COCCN(Cc1ccco1)C(=O)NCCC(C)C. The Morgan fingerprint density at radius 3 is 2.89 bits per heavy atom. The van der Waals surface area contributed by atoms with Crippen molar-refractivity contribution in [3.63, 3.8) is 0 Å². The lowest BCUT2D eigenvalue weighted by molar-refractivity contribution is 0.142. The molecule has 0 fully saturated rings. The third-order valence-corrected chi connectivity index (χ3v) is 2.78. The van der Waals surface area contributed by atoms with Gasteiger partial charge in [-0.25, -0.2) is 4.79 Å². The molecular formula is C14H24N2O3. The molecule has 1 N–H and O–H groups in total. The Kier molecular flexibility index (Phi) is 7.03. The van der Waals surface area contributed by atoms with Gasteiger partial charge in [-0.2, -0.15) is 0 Å². The summed E-state index contributed by atoms with van der Waals surface area (Å²) in [5, 5.41) is 2.93. The van der Waals surface area contributed by atoms with Crippen molar-refractivity contribution >= 4 is 6.03 Å². The van der Waals surface area contributed by atoms with E-state index in [1.807, 2.05) is 12.1 Å². The lowest BCUT2D eigenvalue weighted by Crippen LogP contribution is -2.41. The van der Waals surface area contributed by atoms with Crippen molar-refractivity contribution in [3.05, 3.63) is 24.2 Å². The molecule has 19 heavy (non-hydrogen) atoms. The summed E-state index contributed by atoms with van der Waals surface area (Å²) in [6.45, 7) is 6.49. The van der Waals surface area contributed by atoms with Crippen molar-refractivity contribution in [2.45, 2.75) is 26.8 Å². The molecule has 0 atom stereocenters. The van der Waals surface area contributed by atoms with Crippen LogP contribution in [0.4, 0.5) is 4.79 Å². The molecule has 0 radical (unpaired) electrons. The summed E-state index contributed by atoms with van der Waals surface area (Å²) >= 11 is 0. The van der Waals surface area contributed by atoms with E-state index in [0.29, 0.717) is 32.2 Å². The maximum Gasteiger partial charge on any atom is 0.317 e. The van der Waals surface area contributed by atoms with Crippen LogP contribution in [0.15, 0.2) is 22.8 Å². The summed E-state index contributed by atoms with van der Waals surface area (Å²) < 4.78 is 10.3. The number of methoxy groups -OCH3 is 1. The van der Waals surface area contributed by atoms with E-state index in [0.717, 1.165) is 12.2 Å². The molecule has 108 valence electrons. The summed E-state index contributed by atoms with van der Waals surface area (Å²) in [6.07, 6.45) is 2.59. The Labute approximate surface area is 114 Å². The molecule has 0 unspecified atom stereocenters. The molecule has 2 amide bonds. The summed E-state index contributed by atoms with van der Waals surface area (Å²) in [5.74, 6) is 1.35. The van der Waals surface area contributed by atoms with E-state index in [-0.39, 0.29) is 6.03 Å². The van der Waals surface area contributed by atoms with Gasteiger partial charge >= 0.3 is 6.03 Å². The van der Waals surface area contributed by atoms with Crippen LogP contribution in [0.25, 0.3) is 0 Å². The Morgan fingerprint density at radius 1 is 1.53 bits per heavy atom. The second-order valence-corrected chi connectivity index (χ2v) is 4.91. The Bertz CT molecular complexity index is 350. The first-order chi connectivity index (χ1) is 9.13. The van der Waals surface area contributed by atoms with E-state index in [1.165, 1.54) is 0 Å². The Balaban J connectivity index is 2.45. The fourth-order valence-electron chi connectivity index (χ4n) is 1.62. The number of nitrogens with zero attached hydrogens (tertiary/aromatic N) is 1. The maximum absolute atomic E-state index is 12.1. The van der Waals surface area contributed by atoms with Crippen LogP contribution >= 0.6 is 0 Å². The van der Waals surface area contributed by atoms with E-state index in [9.17, 15) is 4.79 Å². The van der Waals surface area contributed by atoms with Crippen molar-refractivity contribution in [3.8, 4) is 0 Å². The molecule has 0 aromatic carbocycles. The van der Waals surface area contributed by atoms with Gasteiger partial charge in [-0.15, -0.1) is 0 Å². The average molecular weight is 268 g/mol. The predicted molar refractivity (Wildman–Crippen MR) is 73.8 cm³/mol. The topological polar surface area (TPSA) is 54.7 Å². The van der Waals surface area contributed by atoms with Gasteiger partial charge in [0.2, 0.25) is 0 Å². The monoisotopic (exact) mass is 268 g/mol. The first kappa shape index (κ1) is 15.6. The smallest absolute Gasteiger partial charge is 0.317 e. The molecule has 0 aliphatic heterocycles. The molecule has 1 aromatic rings. The zero-order valence-corrected chi connectivity index (χ0v) is 12.0. The van der Waals surface area contributed by atoms with Crippen LogP contribution in [0, 0.1) is 5.92 Å². The number of urea groups is 1. The number of hydrogen-bond donors (Lipinski definition) is 1. The molecule has 0 aliphatic rings. The van der Waals surface area contributed by atoms with Crippen LogP contribution < -0.4 is 5.32 Å². The lowest BCUT2D eigenvalue weighted by atomic mass is 10.1. The normalized spacial score (nSPS) is 10.7. The number of furan rings is 1. The Hall–Kier alpha value is -1.49. The highest BCUT2D eigenvalue weighted by Gasteiger charge is 2.14. The van der Waals surface area contributed by atoms with Crippen molar-refractivity contribution in [2.75, 3.05) is 26.8 Å². The molecule has 0 spiro atoms. The van der Waals surface area contributed by atoms with Crippen LogP contribution in [-0.4, -0.2) is 37.7 Å². The predicted octanol–water partition coefficient (Wildman–Crippen LogP) is 2.48. The van der Waals surface area contributed by atoms with E-state index >= 15 is 0 Å². The zero-order valence-electron chi connectivity index (χ0n) is 12.0. The van der Waals surface area contributed by atoms with Crippen molar-refractivity contribution in [2.24, 2.45) is 5.92 Å². The highest BCUT2D eigenvalue weighted by Crippen LogP contribution is 2.06. The van der Waals surface area contributed by atoms with Gasteiger partial charge in [-0.05, 0) is 24.5 Å². The number of hydrogen-bond acceptors (Lipinski definition) is 3. The summed E-state index contributed by atoms with van der Waals surface area (Å²) in [5.41, 5.74) is 0. The number of amides is 2. The van der Waals surface area contributed by atoms with E-state index in [4.69, 9.17) is 9.15 Å². The fourth-order valence-corrected chi connectivity index (χ4v) is 1.62. The van der Waals surface area contributed by atoms with Crippen LogP contribution in [0.3, 0.4) is 0 Å². The van der Waals surface area contributed by atoms with Gasteiger partial charge in [0.15, 0.2) is 0 Å². The van der Waals surface area contributed by atoms with Crippen molar-refractivity contribution in [1.82, 2.24) is 10.2 Å². The van der Waals surface area contributed by atoms with Gasteiger partial charge in [0.25, 0.3) is 0 Å². The lowest BCUT2D eigenvalue weighted by Gasteiger charge is -2.22.